The van der Waals surface area contributed by atoms with Gasteiger partial charge in [0.1, 0.15) is 46.2 Å². The van der Waals surface area contributed by atoms with Crippen molar-refractivity contribution in [3.8, 4) is 11.8 Å². The molecular formula is C25H23F6NO. The number of allylic oxidation sites excluding steroid dienone is 2. The Hall–Kier alpha value is -2.95. The largest absolute Gasteiger partial charge is 0.432 e. The van der Waals surface area contributed by atoms with Crippen LogP contribution in [0.3, 0.4) is 0 Å². The van der Waals surface area contributed by atoms with Crippen LogP contribution in [0.5, 0.6) is 5.75 Å². The average Bonchev–Trinajstić information content (AvgIpc) is 2.73. The summed E-state index contributed by atoms with van der Waals surface area (Å²) in [5.41, 5.74) is -2.28. The van der Waals surface area contributed by atoms with Crippen LogP contribution in [0, 0.1) is 34.6 Å². The monoisotopic (exact) mass is 467 g/mol. The number of hydrogen-bond acceptors (Lipinski definition) is 2. The standard InChI is InChI=1S/C25H23F6NO/c1-3-7-14(2)17-12-21(28)23(24(29)22(17)15-8-5-4-6-9-15)25(30,31)33-16-10-19(26)18(13-32)20(27)11-16/h3,7,10-12,14-15H,4-6,8-9H2,1-2H3/b7-3+. The molecule has 2 aromatic rings. The fraction of sp³-hybridized carbons (Fsp3) is 0.400. The number of ether oxygens (including phenoxy) is 1. The highest BCUT2D eigenvalue weighted by atomic mass is 19.3. The minimum absolute atomic E-state index is 0.0252. The van der Waals surface area contributed by atoms with Crippen molar-refractivity contribution in [1.82, 2.24) is 0 Å². The van der Waals surface area contributed by atoms with Gasteiger partial charge in [-0.25, -0.2) is 17.6 Å². The van der Waals surface area contributed by atoms with Gasteiger partial charge in [0.2, 0.25) is 0 Å². The Kier molecular flexibility index (Phi) is 7.41. The van der Waals surface area contributed by atoms with Crippen molar-refractivity contribution in [3.05, 3.63) is 75.9 Å². The Labute approximate surface area is 188 Å². The SMILES string of the molecule is C/C=C/C(C)c1cc(F)c(C(F)(F)Oc2cc(F)c(C#N)c(F)c2)c(F)c1C1CCCCC1. The fourth-order valence-corrected chi connectivity index (χ4v) is 4.41. The third-order valence-electron chi connectivity index (χ3n) is 5.94. The Morgan fingerprint density at radius 3 is 2.18 bits per heavy atom. The van der Waals surface area contributed by atoms with Crippen LogP contribution in [0.4, 0.5) is 26.3 Å². The molecule has 0 aliphatic heterocycles. The molecule has 1 saturated carbocycles. The quantitative estimate of drug-likeness (QED) is 0.319. The van der Waals surface area contributed by atoms with E-state index < -0.39 is 52.2 Å². The molecule has 3 rings (SSSR count). The van der Waals surface area contributed by atoms with E-state index in [2.05, 4.69) is 4.74 Å². The summed E-state index contributed by atoms with van der Waals surface area (Å²) in [6, 6.07) is 2.89. The van der Waals surface area contributed by atoms with E-state index in [0.29, 0.717) is 25.0 Å². The van der Waals surface area contributed by atoms with Crippen molar-refractivity contribution in [2.75, 3.05) is 0 Å². The number of benzene rings is 2. The Balaban J connectivity index is 2.12. The van der Waals surface area contributed by atoms with Crippen LogP contribution >= 0.6 is 0 Å². The van der Waals surface area contributed by atoms with Crippen LogP contribution in [0.2, 0.25) is 0 Å². The Bertz CT molecular complexity index is 1080. The molecule has 0 saturated heterocycles. The topological polar surface area (TPSA) is 33.0 Å². The van der Waals surface area contributed by atoms with E-state index in [4.69, 9.17) is 5.26 Å². The number of rotatable bonds is 6. The maximum Gasteiger partial charge on any atom is 0.432 e. The summed E-state index contributed by atoms with van der Waals surface area (Å²) in [6.07, 6.45) is 2.57. The van der Waals surface area contributed by atoms with Crippen molar-refractivity contribution < 1.29 is 31.1 Å². The van der Waals surface area contributed by atoms with Crippen molar-refractivity contribution in [1.29, 1.82) is 5.26 Å². The van der Waals surface area contributed by atoms with E-state index in [9.17, 15) is 13.2 Å². The van der Waals surface area contributed by atoms with Crippen molar-refractivity contribution >= 4 is 0 Å². The second-order valence-corrected chi connectivity index (χ2v) is 8.19. The highest BCUT2D eigenvalue weighted by Gasteiger charge is 2.44. The molecular weight excluding hydrogens is 444 g/mol. The second kappa shape index (κ2) is 9.90. The van der Waals surface area contributed by atoms with Crippen LogP contribution in [0.1, 0.15) is 80.0 Å². The zero-order chi connectivity index (χ0) is 24.3. The fourth-order valence-electron chi connectivity index (χ4n) is 4.41. The lowest BCUT2D eigenvalue weighted by molar-refractivity contribution is -0.189. The van der Waals surface area contributed by atoms with Gasteiger partial charge in [0.15, 0.2) is 0 Å². The van der Waals surface area contributed by atoms with E-state index in [-0.39, 0.29) is 17.0 Å². The van der Waals surface area contributed by atoms with E-state index in [1.165, 1.54) is 6.07 Å². The zero-order valence-electron chi connectivity index (χ0n) is 18.2. The molecule has 1 aliphatic carbocycles. The minimum Gasteiger partial charge on any atom is -0.429 e. The summed E-state index contributed by atoms with van der Waals surface area (Å²) in [5, 5.41) is 8.71. The summed E-state index contributed by atoms with van der Waals surface area (Å²) < 4.78 is 92.6. The highest BCUT2D eigenvalue weighted by molar-refractivity contribution is 5.43. The molecule has 0 amide bonds. The van der Waals surface area contributed by atoms with E-state index in [1.807, 2.05) is 0 Å². The average molecular weight is 467 g/mol. The van der Waals surface area contributed by atoms with Gasteiger partial charge in [-0.3, -0.25) is 0 Å². The molecule has 2 aromatic carbocycles. The van der Waals surface area contributed by atoms with Gasteiger partial charge in [-0.1, -0.05) is 38.3 Å². The van der Waals surface area contributed by atoms with Crippen LogP contribution in [0.15, 0.2) is 30.4 Å². The van der Waals surface area contributed by atoms with Gasteiger partial charge in [-0.2, -0.15) is 14.0 Å². The van der Waals surface area contributed by atoms with Gasteiger partial charge in [-0.15, -0.1) is 0 Å². The molecule has 176 valence electrons. The van der Waals surface area contributed by atoms with Crippen molar-refractivity contribution in [2.45, 2.75) is 63.9 Å². The first-order chi connectivity index (χ1) is 15.6. The third kappa shape index (κ3) is 5.02. The van der Waals surface area contributed by atoms with E-state index in [1.54, 1.807) is 26.0 Å². The molecule has 1 unspecified atom stereocenters. The maximum atomic E-state index is 15.6. The molecule has 1 aliphatic rings. The summed E-state index contributed by atoms with van der Waals surface area (Å²) in [7, 11) is 0. The summed E-state index contributed by atoms with van der Waals surface area (Å²) in [4.78, 5) is 0. The molecule has 1 atom stereocenters. The number of halogens is 6. The maximum absolute atomic E-state index is 15.6. The number of nitriles is 1. The molecule has 0 radical (unpaired) electrons. The van der Waals surface area contributed by atoms with Gasteiger partial charge < -0.3 is 4.74 Å². The minimum atomic E-state index is -4.56. The molecule has 1 fully saturated rings. The van der Waals surface area contributed by atoms with Crippen LogP contribution in [0.25, 0.3) is 0 Å². The Morgan fingerprint density at radius 2 is 1.64 bits per heavy atom. The zero-order valence-corrected chi connectivity index (χ0v) is 18.2. The van der Waals surface area contributed by atoms with Crippen LogP contribution in [-0.4, -0.2) is 0 Å². The molecule has 2 nitrogen and oxygen atoms in total. The van der Waals surface area contributed by atoms with Gasteiger partial charge >= 0.3 is 6.11 Å². The summed E-state index contributed by atoms with van der Waals surface area (Å²) in [6.45, 7) is 3.47. The van der Waals surface area contributed by atoms with E-state index >= 15 is 13.2 Å². The summed E-state index contributed by atoms with van der Waals surface area (Å²) >= 11 is 0. The first-order valence-electron chi connectivity index (χ1n) is 10.7. The molecule has 8 heteroatoms. The van der Waals surface area contributed by atoms with Gasteiger partial charge in [-0.05, 0) is 48.8 Å². The van der Waals surface area contributed by atoms with Gasteiger partial charge in [0.25, 0.3) is 0 Å². The Morgan fingerprint density at radius 1 is 1.03 bits per heavy atom. The lowest BCUT2D eigenvalue weighted by Gasteiger charge is -2.29. The van der Waals surface area contributed by atoms with Crippen LogP contribution in [-0.2, 0) is 6.11 Å². The van der Waals surface area contributed by atoms with Crippen LogP contribution < -0.4 is 4.74 Å². The first kappa shape index (κ1) is 24.7. The normalized spacial score (nSPS) is 16.1. The number of alkyl halides is 2. The third-order valence-corrected chi connectivity index (χ3v) is 5.94. The second-order valence-electron chi connectivity index (χ2n) is 8.19. The number of nitrogens with zero attached hydrogens (tertiary/aromatic N) is 1. The molecule has 0 aromatic heterocycles. The van der Waals surface area contributed by atoms with Crippen molar-refractivity contribution in [3.63, 3.8) is 0 Å². The lowest BCUT2D eigenvalue weighted by Crippen LogP contribution is -2.27. The molecule has 33 heavy (non-hydrogen) atoms. The van der Waals surface area contributed by atoms with Gasteiger partial charge in [0.05, 0.1) is 0 Å². The van der Waals surface area contributed by atoms with Gasteiger partial charge in [0, 0.05) is 12.1 Å². The molecule has 0 N–H and O–H groups in total. The first-order valence-corrected chi connectivity index (χ1v) is 10.7. The van der Waals surface area contributed by atoms with E-state index in [0.717, 1.165) is 25.3 Å². The summed E-state index contributed by atoms with van der Waals surface area (Å²) in [5.74, 6) is -7.56. The molecule has 0 spiro atoms. The predicted octanol–water partition coefficient (Wildman–Crippen LogP) is 7.97. The molecule has 0 heterocycles. The van der Waals surface area contributed by atoms with Crippen molar-refractivity contribution in [2.24, 2.45) is 0 Å². The highest BCUT2D eigenvalue weighted by Crippen LogP contribution is 2.44. The predicted molar refractivity (Wildman–Crippen MR) is 111 cm³/mol. The lowest BCUT2D eigenvalue weighted by atomic mass is 9.78. The smallest absolute Gasteiger partial charge is 0.429 e. The number of hydrogen-bond donors (Lipinski definition) is 0. The molecule has 0 bridgehead atoms.